The number of hydrogen-bond donors (Lipinski definition) is 2. The molecule has 1 aliphatic rings. The van der Waals surface area contributed by atoms with Gasteiger partial charge in [-0.1, -0.05) is 0 Å². The van der Waals surface area contributed by atoms with Gasteiger partial charge in [0.1, 0.15) is 0 Å². The maximum absolute atomic E-state index is 11.6. The Kier molecular flexibility index (Phi) is 4.20. The first-order chi connectivity index (χ1) is 8.65. The van der Waals surface area contributed by atoms with Crippen LogP contribution in [0.1, 0.15) is 26.2 Å². The van der Waals surface area contributed by atoms with E-state index in [1.807, 2.05) is 19.1 Å². The van der Waals surface area contributed by atoms with Crippen molar-refractivity contribution < 1.29 is 4.79 Å². The average molecular weight is 247 g/mol. The number of nitrogens with two attached hydrogens (primary N) is 1. The Hall–Kier alpha value is -1.55. The normalized spacial score (nSPS) is 16.7. The van der Waals surface area contributed by atoms with E-state index >= 15 is 0 Å². The zero-order chi connectivity index (χ0) is 13.0. The van der Waals surface area contributed by atoms with Crippen LogP contribution in [0.25, 0.3) is 0 Å². The smallest absolute Gasteiger partial charge is 0.225 e. The molecule has 1 unspecified atom stereocenters. The van der Waals surface area contributed by atoms with Gasteiger partial charge in [-0.3, -0.25) is 4.79 Å². The van der Waals surface area contributed by atoms with E-state index in [2.05, 4.69) is 22.3 Å². The van der Waals surface area contributed by atoms with E-state index in [-0.39, 0.29) is 11.9 Å². The van der Waals surface area contributed by atoms with Gasteiger partial charge in [0.15, 0.2) is 0 Å². The van der Waals surface area contributed by atoms with E-state index < -0.39 is 0 Å². The van der Waals surface area contributed by atoms with Gasteiger partial charge < -0.3 is 16.0 Å². The van der Waals surface area contributed by atoms with E-state index in [9.17, 15) is 4.79 Å². The van der Waals surface area contributed by atoms with Crippen LogP contribution in [0.2, 0.25) is 0 Å². The van der Waals surface area contributed by atoms with Crippen molar-refractivity contribution >= 4 is 17.3 Å². The minimum absolute atomic E-state index is 0.0288. The summed E-state index contributed by atoms with van der Waals surface area (Å²) in [6.45, 7) is 4.10. The molecule has 0 bridgehead atoms. The van der Waals surface area contributed by atoms with Crippen molar-refractivity contribution in [3.63, 3.8) is 0 Å². The number of benzene rings is 1. The number of rotatable bonds is 4. The summed E-state index contributed by atoms with van der Waals surface area (Å²) in [5, 5.41) is 2.85. The molecular weight excluding hydrogens is 226 g/mol. The fourth-order valence-electron chi connectivity index (χ4n) is 2.24. The predicted molar refractivity (Wildman–Crippen MR) is 74.8 cm³/mol. The summed E-state index contributed by atoms with van der Waals surface area (Å²) >= 11 is 0. The van der Waals surface area contributed by atoms with Crippen LogP contribution in [0, 0.1) is 0 Å². The quantitative estimate of drug-likeness (QED) is 0.855. The summed E-state index contributed by atoms with van der Waals surface area (Å²) in [5.41, 5.74) is 7.66. The summed E-state index contributed by atoms with van der Waals surface area (Å²) in [5.74, 6) is -0.0288. The first kappa shape index (κ1) is 12.9. The molecule has 3 N–H and O–H groups in total. The minimum atomic E-state index is -0.103. The second-order valence-electron chi connectivity index (χ2n) is 4.97. The average Bonchev–Trinajstić information content (AvgIpc) is 2.82. The summed E-state index contributed by atoms with van der Waals surface area (Å²) < 4.78 is 0. The highest BCUT2D eigenvalue weighted by atomic mass is 16.1. The van der Waals surface area contributed by atoms with Crippen LogP contribution in [-0.2, 0) is 4.79 Å². The molecule has 4 nitrogen and oxygen atoms in total. The molecule has 0 saturated carbocycles. The van der Waals surface area contributed by atoms with E-state index in [1.165, 1.54) is 18.5 Å². The lowest BCUT2D eigenvalue weighted by Gasteiger charge is -2.17. The Labute approximate surface area is 108 Å². The number of nitrogens with one attached hydrogen (secondary N) is 1. The molecule has 1 heterocycles. The fraction of sp³-hybridized carbons (Fsp3) is 0.500. The second kappa shape index (κ2) is 5.87. The molecular formula is C14H21N3O. The van der Waals surface area contributed by atoms with Crippen molar-refractivity contribution in [2.24, 2.45) is 5.73 Å². The molecule has 1 fully saturated rings. The van der Waals surface area contributed by atoms with E-state index in [1.54, 1.807) is 0 Å². The van der Waals surface area contributed by atoms with Crippen LogP contribution >= 0.6 is 0 Å². The predicted octanol–water partition coefficient (Wildman–Crippen LogP) is 1.96. The largest absolute Gasteiger partial charge is 0.372 e. The maximum Gasteiger partial charge on any atom is 0.225 e. The Balaban J connectivity index is 1.93. The van der Waals surface area contributed by atoms with Gasteiger partial charge in [-0.25, -0.2) is 0 Å². The van der Waals surface area contributed by atoms with Gasteiger partial charge >= 0.3 is 0 Å². The van der Waals surface area contributed by atoms with Crippen LogP contribution in [0.15, 0.2) is 24.3 Å². The molecule has 1 saturated heterocycles. The monoisotopic (exact) mass is 247 g/mol. The summed E-state index contributed by atoms with van der Waals surface area (Å²) in [6.07, 6.45) is 2.90. The van der Waals surface area contributed by atoms with Crippen LogP contribution in [-0.4, -0.2) is 25.0 Å². The Morgan fingerprint density at radius 1 is 1.33 bits per heavy atom. The first-order valence-corrected chi connectivity index (χ1v) is 6.55. The molecule has 0 spiro atoms. The third kappa shape index (κ3) is 3.47. The highest BCUT2D eigenvalue weighted by Gasteiger charge is 2.12. The van der Waals surface area contributed by atoms with Crippen LogP contribution < -0.4 is 16.0 Å². The standard InChI is InChI=1S/C14H21N3O/c1-11(15)10-14(18)16-12-4-6-13(7-5-12)17-8-2-3-9-17/h4-7,11H,2-3,8-10,15H2,1H3,(H,16,18). The molecule has 1 aliphatic heterocycles. The highest BCUT2D eigenvalue weighted by Crippen LogP contribution is 2.22. The van der Waals surface area contributed by atoms with Crippen molar-refractivity contribution in [1.82, 2.24) is 0 Å². The Bertz CT molecular complexity index is 394. The summed E-state index contributed by atoms with van der Waals surface area (Å²) in [7, 11) is 0. The lowest BCUT2D eigenvalue weighted by Crippen LogP contribution is -2.24. The molecule has 4 heteroatoms. The zero-order valence-electron chi connectivity index (χ0n) is 10.9. The maximum atomic E-state index is 11.6. The third-order valence-electron chi connectivity index (χ3n) is 3.13. The molecule has 0 radical (unpaired) electrons. The van der Waals surface area contributed by atoms with Gasteiger partial charge in [-0.05, 0) is 44.0 Å². The zero-order valence-corrected chi connectivity index (χ0v) is 10.9. The molecule has 2 rings (SSSR count). The van der Waals surface area contributed by atoms with Gasteiger partial charge in [0.2, 0.25) is 5.91 Å². The van der Waals surface area contributed by atoms with Crippen molar-refractivity contribution in [1.29, 1.82) is 0 Å². The lowest BCUT2D eigenvalue weighted by molar-refractivity contribution is -0.116. The van der Waals surface area contributed by atoms with Crippen molar-refractivity contribution in [3.8, 4) is 0 Å². The Morgan fingerprint density at radius 2 is 1.94 bits per heavy atom. The van der Waals surface area contributed by atoms with Crippen LogP contribution in [0.3, 0.4) is 0 Å². The van der Waals surface area contributed by atoms with Crippen molar-refractivity contribution in [2.75, 3.05) is 23.3 Å². The topological polar surface area (TPSA) is 58.4 Å². The van der Waals surface area contributed by atoms with Crippen LogP contribution in [0.5, 0.6) is 0 Å². The minimum Gasteiger partial charge on any atom is -0.372 e. The van der Waals surface area contributed by atoms with Crippen LogP contribution in [0.4, 0.5) is 11.4 Å². The molecule has 98 valence electrons. The van der Waals surface area contributed by atoms with Gasteiger partial charge in [-0.15, -0.1) is 0 Å². The number of carbonyl (C=O) groups excluding carboxylic acids is 1. The fourth-order valence-corrected chi connectivity index (χ4v) is 2.24. The molecule has 1 amide bonds. The second-order valence-corrected chi connectivity index (χ2v) is 4.97. The Morgan fingerprint density at radius 3 is 2.50 bits per heavy atom. The van der Waals surface area contributed by atoms with Gasteiger partial charge in [0, 0.05) is 36.9 Å². The number of anilines is 2. The van der Waals surface area contributed by atoms with E-state index in [4.69, 9.17) is 5.73 Å². The van der Waals surface area contributed by atoms with Gasteiger partial charge in [0.05, 0.1) is 0 Å². The number of nitrogens with zero attached hydrogens (tertiary/aromatic N) is 1. The lowest BCUT2D eigenvalue weighted by atomic mass is 10.2. The molecule has 0 aliphatic carbocycles. The number of hydrogen-bond acceptors (Lipinski definition) is 3. The molecule has 1 atom stereocenters. The van der Waals surface area contributed by atoms with Gasteiger partial charge in [-0.2, -0.15) is 0 Å². The first-order valence-electron chi connectivity index (χ1n) is 6.55. The van der Waals surface area contributed by atoms with E-state index in [0.29, 0.717) is 6.42 Å². The summed E-state index contributed by atoms with van der Waals surface area (Å²) in [4.78, 5) is 13.9. The van der Waals surface area contributed by atoms with Gasteiger partial charge in [0.25, 0.3) is 0 Å². The van der Waals surface area contributed by atoms with E-state index in [0.717, 1.165) is 18.8 Å². The summed E-state index contributed by atoms with van der Waals surface area (Å²) in [6, 6.07) is 7.92. The number of amides is 1. The van der Waals surface area contributed by atoms with Crippen molar-refractivity contribution in [2.45, 2.75) is 32.2 Å². The number of carbonyl (C=O) groups is 1. The van der Waals surface area contributed by atoms with Crippen molar-refractivity contribution in [3.05, 3.63) is 24.3 Å². The molecule has 0 aromatic heterocycles. The SMILES string of the molecule is CC(N)CC(=O)Nc1ccc(N2CCCC2)cc1. The third-order valence-corrected chi connectivity index (χ3v) is 3.13. The molecule has 1 aromatic carbocycles. The highest BCUT2D eigenvalue weighted by molar-refractivity contribution is 5.91. The molecule has 18 heavy (non-hydrogen) atoms. The molecule has 1 aromatic rings.